The molecule has 1 aliphatic rings. The van der Waals surface area contributed by atoms with Crippen molar-refractivity contribution in [3.63, 3.8) is 0 Å². The fraction of sp³-hybridized carbons (Fsp3) is 0.571. The van der Waals surface area contributed by atoms with E-state index >= 15 is 0 Å². The van der Waals surface area contributed by atoms with Crippen LogP contribution in [0.3, 0.4) is 0 Å². The van der Waals surface area contributed by atoms with E-state index in [1.54, 1.807) is 17.8 Å². The van der Waals surface area contributed by atoms with Crippen molar-refractivity contribution in [3.8, 4) is 0 Å². The molecule has 1 aliphatic carbocycles. The topological polar surface area (TPSA) is 81.8 Å². The largest absolute Gasteiger partial charge is 0.339 e. The van der Waals surface area contributed by atoms with E-state index in [0.717, 1.165) is 12.1 Å². The molecule has 2 aromatic heterocycles. The molecule has 22 heavy (non-hydrogen) atoms. The van der Waals surface area contributed by atoms with Crippen molar-refractivity contribution in [1.29, 1.82) is 0 Å². The second kappa shape index (κ2) is 5.85. The molecule has 0 aliphatic heterocycles. The average molecular weight is 323 g/mol. The zero-order valence-corrected chi connectivity index (χ0v) is 13.6. The zero-order valence-electron chi connectivity index (χ0n) is 12.8. The summed E-state index contributed by atoms with van der Waals surface area (Å²) in [4.78, 5) is 3.89. The lowest BCUT2D eigenvalue weighted by atomic mass is 9.85. The van der Waals surface area contributed by atoms with Gasteiger partial charge in [-0.15, -0.1) is 0 Å². The van der Waals surface area contributed by atoms with Crippen molar-refractivity contribution in [2.75, 3.05) is 0 Å². The molecular weight excluding hydrogens is 302 g/mol. The highest BCUT2D eigenvalue weighted by atomic mass is 32.2. The highest BCUT2D eigenvalue weighted by Crippen LogP contribution is 2.28. The molecule has 8 heteroatoms. The Hall–Kier alpha value is -1.67. The van der Waals surface area contributed by atoms with E-state index in [1.165, 1.54) is 31.8 Å². The number of hydrogen-bond donors (Lipinski definition) is 1. The van der Waals surface area contributed by atoms with Crippen LogP contribution in [-0.4, -0.2) is 27.7 Å². The highest BCUT2D eigenvalue weighted by molar-refractivity contribution is 7.89. The van der Waals surface area contributed by atoms with Crippen LogP contribution in [0.2, 0.25) is 0 Å². The third kappa shape index (κ3) is 3.22. The minimum atomic E-state index is -3.61. The predicted molar refractivity (Wildman–Crippen MR) is 81.5 cm³/mol. The normalized spacial score (nSPS) is 17.4. The SMILES string of the molecule is CC(NS(=O)(=O)c1cn(C)cn1)c1cnn(CC2CCC2)c1. The lowest BCUT2D eigenvalue weighted by molar-refractivity contribution is 0.266. The Morgan fingerprint density at radius 3 is 2.77 bits per heavy atom. The van der Waals surface area contributed by atoms with Gasteiger partial charge in [0.15, 0.2) is 5.03 Å². The van der Waals surface area contributed by atoms with E-state index in [4.69, 9.17) is 0 Å². The second-order valence-electron chi connectivity index (χ2n) is 6.01. The smallest absolute Gasteiger partial charge is 0.260 e. The summed E-state index contributed by atoms with van der Waals surface area (Å²) < 4.78 is 30.7. The van der Waals surface area contributed by atoms with Gasteiger partial charge in [0.05, 0.1) is 12.5 Å². The van der Waals surface area contributed by atoms with E-state index in [2.05, 4.69) is 14.8 Å². The van der Waals surface area contributed by atoms with Crippen LogP contribution < -0.4 is 4.72 Å². The Balaban J connectivity index is 1.67. The van der Waals surface area contributed by atoms with Crippen LogP contribution in [0.15, 0.2) is 29.9 Å². The molecule has 2 aromatic rings. The minimum absolute atomic E-state index is 0.0312. The van der Waals surface area contributed by atoms with Gasteiger partial charge in [-0.2, -0.15) is 5.10 Å². The van der Waals surface area contributed by atoms with Gasteiger partial charge in [0, 0.05) is 37.6 Å². The van der Waals surface area contributed by atoms with Crippen molar-refractivity contribution >= 4 is 10.0 Å². The molecule has 0 radical (unpaired) electrons. The van der Waals surface area contributed by atoms with Crippen molar-refractivity contribution in [2.45, 2.75) is 43.8 Å². The Bertz CT molecular complexity index is 745. The van der Waals surface area contributed by atoms with Crippen LogP contribution in [0.1, 0.15) is 37.8 Å². The maximum absolute atomic E-state index is 12.3. The Kier molecular flexibility index (Phi) is 4.05. The summed E-state index contributed by atoms with van der Waals surface area (Å²) in [6, 6.07) is -0.345. The molecule has 0 saturated heterocycles. The van der Waals surface area contributed by atoms with Gasteiger partial charge in [-0.05, 0) is 25.7 Å². The maximum Gasteiger partial charge on any atom is 0.260 e. The number of aryl methyl sites for hydroxylation is 1. The first-order valence-corrected chi connectivity index (χ1v) is 8.95. The molecule has 0 amide bonds. The van der Waals surface area contributed by atoms with E-state index in [1.807, 2.05) is 17.8 Å². The summed E-state index contributed by atoms with van der Waals surface area (Å²) in [6.07, 6.45) is 10.4. The van der Waals surface area contributed by atoms with Gasteiger partial charge in [0.2, 0.25) is 0 Å². The van der Waals surface area contributed by atoms with Gasteiger partial charge in [0.25, 0.3) is 10.0 Å². The molecule has 1 unspecified atom stereocenters. The van der Waals surface area contributed by atoms with Gasteiger partial charge in [-0.25, -0.2) is 18.1 Å². The van der Waals surface area contributed by atoms with Gasteiger partial charge >= 0.3 is 0 Å². The van der Waals surface area contributed by atoms with Crippen molar-refractivity contribution in [2.24, 2.45) is 13.0 Å². The van der Waals surface area contributed by atoms with Crippen molar-refractivity contribution < 1.29 is 8.42 Å². The molecular formula is C14H21N5O2S. The number of imidazole rings is 1. The quantitative estimate of drug-likeness (QED) is 0.872. The first kappa shape index (κ1) is 15.2. The summed E-state index contributed by atoms with van der Waals surface area (Å²) in [5, 5.41) is 4.36. The number of nitrogens with zero attached hydrogens (tertiary/aromatic N) is 4. The zero-order chi connectivity index (χ0) is 15.7. The van der Waals surface area contributed by atoms with Gasteiger partial charge in [-0.3, -0.25) is 4.68 Å². The summed E-state index contributed by atoms with van der Waals surface area (Å²) in [5.41, 5.74) is 0.860. The lowest BCUT2D eigenvalue weighted by Crippen LogP contribution is -2.27. The van der Waals surface area contributed by atoms with Crippen molar-refractivity contribution in [3.05, 3.63) is 30.5 Å². The molecule has 1 saturated carbocycles. The molecule has 0 aromatic carbocycles. The van der Waals surface area contributed by atoms with Gasteiger partial charge < -0.3 is 4.57 Å². The van der Waals surface area contributed by atoms with Gasteiger partial charge in [0.1, 0.15) is 0 Å². The molecule has 1 fully saturated rings. The summed E-state index contributed by atoms with van der Waals surface area (Å²) in [5.74, 6) is 0.716. The standard InChI is InChI=1S/C14H21N5O2S/c1-11(17-22(20,21)14-9-18(2)10-15-14)13-6-16-19(8-13)7-12-4-3-5-12/h6,8-12,17H,3-5,7H2,1-2H3. The molecule has 0 spiro atoms. The lowest BCUT2D eigenvalue weighted by Gasteiger charge is -2.24. The summed E-state index contributed by atoms with van der Waals surface area (Å²) in [6.45, 7) is 2.73. The first-order chi connectivity index (χ1) is 10.4. The van der Waals surface area contributed by atoms with Crippen LogP contribution in [0.25, 0.3) is 0 Å². The number of sulfonamides is 1. The van der Waals surface area contributed by atoms with E-state index in [0.29, 0.717) is 5.92 Å². The Labute approximate surface area is 130 Å². The summed E-state index contributed by atoms with van der Waals surface area (Å²) in [7, 11) is -1.88. The molecule has 2 heterocycles. The molecule has 1 N–H and O–H groups in total. The molecule has 120 valence electrons. The van der Waals surface area contributed by atoms with E-state index < -0.39 is 10.0 Å². The number of nitrogens with one attached hydrogen (secondary N) is 1. The van der Waals surface area contributed by atoms with Gasteiger partial charge in [-0.1, -0.05) is 6.42 Å². The molecule has 3 rings (SSSR count). The van der Waals surface area contributed by atoms with Crippen molar-refractivity contribution in [1.82, 2.24) is 24.1 Å². The number of hydrogen-bond acceptors (Lipinski definition) is 4. The molecule has 7 nitrogen and oxygen atoms in total. The number of rotatable bonds is 6. The fourth-order valence-corrected chi connectivity index (χ4v) is 3.74. The van der Waals surface area contributed by atoms with Crippen LogP contribution in [-0.2, 0) is 23.6 Å². The predicted octanol–water partition coefficient (Wildman–Crippen LogP) is 1.46. The van der Waals surface area contributed by atoms with E-state index in [9.17, 15) is 8.42 Å². The van der Waals surface area contributed by atoms with Crippen LogP contribution in [0.4, 0.5) is 0 Å². The minimum Gasteiger partial charge on any atom is -0.339 e. The maximum atomic E-state index is 12.3. The summed E-state index contributed by atoms with van der Waals surface area (Å²) >= 11 is 0. The number of aromatic nitrogens is 4. The van der Waals surface area contributed by atoms with Crippen LogP contribution >= 0.6 is 0 Å². The fourth-order valence-electron chi connectivity index (χ4n) is 2.53. The Morgan fingerprint density at radius 1 is 1.41 bits per heavy atom. The van der Waals surface area contributed by atoms with Crippen LogP contribution in [0, 0.1) is 5.92 Å². The Morgan fingerprint density at radius 2 is 2.18 bits per heavy atom. The average Bonchev–Trinajstić information content (AvgIpc) is 3.02. The highest BCUT2D eigenvalue weighted by Gasteiger charge is 2.22. The third-order valence-electron chi connectivity index (χ3n) is 4.11. The molecule has 1 atom stereocenters. The molecule has 0 bridgehead atoms. The second-order valence-corrected chi connectivity index (χ2v) is 7.67. The van der Waals surface area contributed by atoms with E-state index in [-0.39, 0.29) is 11.1 Å². The first-order valence-electron chi connectivity index (χ1n) is 7.47. The monoisotopic (exact) mass is 323 g/mol. The third-order valence-corrected chi connectivity index (χ3v) is 5.54. The van der Waals surface area contributed by atoms with Crippen LogP contribution in [0.5, 0.6) is 0 Å².